The number of nitrogens with one attached hydrogen (secondary N) is 1. The lowest BCUT2D eigenvalue weighted by Gasteiger charge is -2.17. The Morgan fingerprint density at radius 2 is 2.27 bits per heavy atom. The van der Waals surface area contributed by atoms with Crippen LogP contribution in [0.2, 0.25) is 0 Å². The minimum Gasteiger partial charge on any atom is -0.391 e. The number of nitrogens with zero attached hydrogens (tertiary/aromatic N) is 1. The Balaban J connectivity index is 1.62. The van der Waals surface area contributed by atoms with E-state index in [0.717, 1.165) is 29.1 Å². The number of carbonyl (C=O) groups is 1. The van der Waals surface area contributed by atoms with Gasteiger partial charge in [0.2, 0.25) is 0 Å². The van der Waals surface area contributed by atoms with Crippen LogP contribution in [0.4, 0.5) is 0 Å². The van der Waals surface area contributed by atoms with Crippen LogP contribution in [0.15, 0.2) is 16.8 Å². The van der Waals surface area contributed by atoms with E-state index in [-0.39, 0.29) is 5.91 Å². The molecule has 0 saturated heterocycles. The Kier molecular flexibility index (Phi) is 4.90. The maximum Gasteiger partial charge on any atom is 0.263 e. The molecule has 1 saturated carbocycles. The van der Waals surface area contributed by atoms with E-state index in [2.05, 4.69) is 10.3 Å². The summed E-state index contributed by atoms with van der Waals surface area (Å²) in [6.07, 6.45) is 4.08. The van der Waals surface area contributed by atoms with Crippen LogP contribution in [0.25, 0.3) is 10.6 Å². The highest BCUT2D eigenvalue weighted by Gasteiger charge is 2.24. The van der Waals surface area contributed by atoms with Gasteiger partial charge in [-0.2, -0.15) is 11.3 Å². The summed E-state index contributed by atoms with van der Waals surface area (Å²) in [5.74, 6) is 0.206. The van der Waals surface area contributed by atoms with Crippen LogP contribution < -0.4 is 5.32 Å². The second kappa shape index (κ2) is 6.89. The number of aliphatic hydroxyl groups excluding tert-OH is 1. The molecule has 0 aromatic carbocycles. The summed E-state index contributed by atoms with van der Waals surface area (Å²) < 4.78 is 0. The molecule has 118 valence electrons. The molecule has 2 aromatic heterocycles. The van der Waals surface area contributed by atoms with Gasteiger partial charge in [-0.1, -0.05) is 12.8 Å². The van der Waals surface area contributed by atoms with Gasteiger partial charge in [0.15, 0.2) is 0 Å². The van der Waals surface area contributed by atoms with E-state index in [9.17, 15) is 9.90 Å². The fourth-order valence-electron chi connectivity index (χ4n) is 2.90. The van der Waals surface area contributed by atoms with E-state index in [1.54, 1.807) is 11.3 Å². The monoisotopic (exact) mass is 336 g/mol. The van der Waals surface area contributed by atoms with Crippen LogP contribution in [0.5, 0.6) is 0 Å². The van der Waals surface area contributed by atoms with Gasteiger partial charge < -0.3 is 10.4 Å². The third-order valence-electron chi connectivity index (χ3n) is 4.19. The van der Waals surface area contributed by atoms with Crippen molar-refractivity contribution in [3.8, 4) is 10.6 Å². The molecule has 1 atom stereocenters. The maximum atomic E-state index is 12.3. The van der Waals surface area contributed by atoms with Gasteiger partial charge in [0, 0.05) is 17.5 Å². The third-order valence-corrected chi connectivity index (χ3v) is 6.08. The summed E-state index contributed by atoms with van der Waals surface area (Å²) in [6, 6.07) is 2.01. The molecular weight excluding hydrogens is 316 g/mol. The van der Waals surface area contributed by atoms with E-state index in [4.69, 9.17) is 0 Å². The lowest BCUT2D eigenvalue weighted by molar-refractivity contribution is 0.0843. The van der Waals surface area contributed by atoms with Gasteiger partial charge in [-0.3, -0.25) is 4.79 Å². The lowest BCUT2D eigenvalue weighted by atomic mass is 10.0. The van der Waals surface area contributed by atoms with E-state index in [1.165, 1.54) is 24.2 Å². The van der Waals surface area contributed by atoms with Crippen molar-refractivity contribution >= 4 is 28.6 Å². The number of aromatic nitrogens is 1. The van der Waals surface area contributed by atoms with Crippen molar-refractivity contribution in [2.24, 2.45) is 5.92 Å². The molecule has 4 nitrogen and oxygen atoms in total. The highest BCUT2D eigenvalue weighted by molar-refractivity contribution is 7.17. The molecule has 1 unspecified atom stereocenters. The summed E-state index contributed by atoms with van der Waals surface area (Å²) in [7, 11) is 0. The first-order valence-electron chi connectivity index (χ1n) is 7.61. The van der Waals surface area contributed by atoms with Gasteiger partial charge in [-0.05, 0) is 37.1 Å². The number of hydrogen-bond acceptors (Lipinski definition) is 5. The molecule has 2 N–H and O–H groups in total. The largest absolute Gasteiger partial charge is 0.391 e. The number of rotatable bonds is 5. The molecular formula is C16H20N2O2S2. The molecule has 2 heterocycles. The van der Waals surface area contributed by atoms with Gasteiger partial charge in [-0.15, -0.1) is 11.3 Å². The zero-order valence-electron chi connectivity index (χ0n) is 12.5. The van der Waals surface area contributed by atoms with Gasteiger partial charge in [0.25, 0.3) is 5.91 Å². The van der Waals surface area contributed by atoms with Crippen LogP contribution >= 0.6 is 22.7 Å². The van der Waals surface area contributed by atoms with Gasteiger partial charge >= 0.3 is 0 Å². The maximum absolute atomic E-state index is 12.3. The van der Waals surface area contributed by atoms with E-state index in [0.29, 0.717) is 17.3 Å². The van der Waals surface area contributed by atoms with E-state index in [1.807, 2.05) is 23.8 Å². The molecule has 1 fully saturated rings. The fraction of sp³-hybridized carbons (Fsp3) is 0.500. The topological polar surface area (TPSA) is 62.2 Å². The number of hydrogen-bond donors (Lipinski definition) is 2. The van der Waals surface area contributed by atoms with Gasteiger partial charge in [-0.25, -0.2) is 4.98 Å². The van der Waals surface area contributed by atoms with E-state index >= 15 is 0 Å². The van der Waals surface area contributed by atoms with Crippen LogP contribution in [0.1, 0.15) is 41.0 Å². The average molecular weight is 336 g/mol. The number of aryl methyl sites for hydroxylation is 1. The highest BCUT2D eigenvalue weighted by Crippen LogP contribution is 2.30. The summed E-state index contributed by atoms with van der Waals surface area (Å²) in [5.41, 5.74) is 1.81. The van der Waals surface area contributed by atoms with Crippen LogP contribution in [0.3, 0.4) is 0 Å². The van der Waals surface area contributed by atoms with Crippen molar-refractivity contribution in [1.29, 1.82) is 0 Å². The summed E-state index contributed by atoms with van der Waals surface area (Å²) >= 11 is 3.03. The lowest BCUT2D eigenvalue weighted by Crippen LogP contribution is -2.35. The Bertz CT molecular complexity index is 631. The molecule has 6 heteroatoms. The minimum absolute atomic E-state index is 0.131. The SMILES string of the molecule is Cc1nc(-c2ccsc2)sc1C(=O)NCC(O)C1CCCC1. The minimum atomic E-state index is -0.434. The predicted octanol–water partition coefficient (Wildman–Crippen LogP) is 3.46. The normalized spacial score (nSPS) is 16.8. The third kappa shape index (κ3) is 3.39. The zero-order chi connectivity index (χ0) is 15.5. The molecule has 0 radical (unpaired) electrons. The molecule has 0 spiro atoms. The number of amides is 1. The van der Waals surface area contributed by atoms with Crippen LogP contribution in [-0.4, -0.2) is 28.6 Å². The Morgan fingerprint density at radius 3 is 2.95 bits per heavy atom. The first-order chi connectivity index (χ1) is 10.6. The molecule has 0 bridgehead atoms. The number of thiophene rings is 1. The fourth-order valence-corrected chi connectivity index (χ4v) is 4.60. The van der Waals surface area contributed by atoms with Crippen molar-refractivity contribution in [2.75, 3.05) is 6.54 Å². The quantitative estimate of drug-likeness (QED) is 0.879. The highest BCUT2D eigenvalue weighted by atomic mass is 32.1. The molecule has 1 aliphatic carbocycles. The molecule has 1 aliphatic rings. The Morgan fingerprint density at radius 1 is 1.50 bits per heavy atom. The standard InChI is InChI=1S/C16H20N2O2S2/c1-10-14(22-16(18-10)12-6-7-21-9-12)15(20)17-8-13(19)11-4-2-3-5-11/h6-7,9,11,13,19H,2-5,8H2,1H3,(H,17,20). The molecule has 0 aliphatic heterocycles. The molecule has 3 rings (SSSR count). The van der Waals surface area contributed by atoms with Crippen molar-refractivity contribution < 1.29 is 9.90 Å². The summed E-state index contributed by atoms with van der Waals surface area (Å²) in [5, 5.41) is 17.9. The van der Waals surface area contributed by atoms with Crippen LogP contribution in [-0.2, 0) is 0 Å². The van der Waals surface area contributed by atoms with E-state index < -0.39 is 6.10 Å². The van der Waals surface area contributed by atoms with Crippen LogP contribution in [0, 0.1) is 12.8 Å². The second-order valence-corrected chi connectivity index (χ2v) is 7.55. The predicted molar refractivity (Wildman–Crippen MR) is 90.5 cm³/mol. The Labute approximate surface area is 138 Å². The van der Waals surface area contributed by atoms with Crippen molar-refractivity contribution in [3.63, 3.8) is 0 Å². The number of thiazole rings is 1. The first-order valence-corrected chi connectivity index (χ1v) is 9.37. The molecule has 2 aromatic rings. The molecule has 22 heavy (non-hydrogen) atoms. The van der Waals surface area contributed by atoms with Gasteiger partial charge in [0.05, 0.1) is 11.8 Å². The Hall–Kier alpha value is -1.24. The van der Waals surface area contributed by atoms with Gasteiger partial charge in [0.1, 0.15) is 9.88 Å². The van der Waals surface area contributed by atoms with Crippen molar-refractivity contribution in [1.82, 2.24) is 10.3 Å². The summed E-state index contributed by atoms with van der Waals surface area (Å²) in [4.78, 5) is 17.4. The summed E-state index contributed by atoms with van der Waals surface area (Å²) in [6.45, 7) is 2.18. The average Bonchev–Trinajstić information content (AvgIpc) is 3.23. The number of carbonyl (C=O) groups excluding carboxylic acids is 1. The van der Waals surface area contributed by atoms with Crippen molar-refractivity contribution in [2.45, 2.75) is 38.7 Å². The number of aliphatic hydroxyl groups is 1. The van der Waals surface area contributed by atoms with Crippen molar-refractivity contribution in [3.05, 3.63) is 27.4 Å². The smallest absolute Gasteiger partial charge is 0.263 e. The first kappa shape index (κ1) is 15.6. The second-order valence-electron chi connectivity index (χ2n) is 5.77. The molecule has 1 amide bonds. The zero-order valence-corrected chi connectivity index (χ0v) is 14.2.